The maximum Gasteiger partial charge on any atom is 0.237 e. The van der Waals surface area contributed by atoms with Gasteiger partial charge in [0.05, 0.1) is 6.04 Å². The van der Waals surface area contributed by atoms with E-state index >= 15 is 0 Å². The fourth-order valence-corrected chi connectivity index (χ4v) is 2.06. The summed E-state index contributed by atoms with van der Waals surface area (Å²) in [6.45, 7) is 8.81. The molecule has 1 amide bonds. The van der Waals surface area contributed by atoms with Crippen molar-refractivity contribution < 1.29 is 4.79 Å². The molecule has 3 N–H and O–H groups in total. The van der Waals surface area contributed by atoms with Gasteiger partial charge in [-0.2, -0.15) is 0 Å². The van der Waals surface area contributed by atoms with Gasteiger partial charge in [-0.1, -0.05) is 6.08 Å². The smallest absolute Gasteiger partial charge is 0.237 e. The van der Waals surface area contributed by atoms with Crippen molar-refractivity contribution in [3.8, 4) is 0 Å². The van der Waals surface area contributed by atoms with Gasteiger partial charge in [-0.05, 0) is 45.3 Å². The third kappa shape index (κ3) is 5.06. The molecule has 1 unspecified atom stereocenters. The number of hydrogen-bond donors (Lipinski definition) is 2. The molecule has 17 heavy (non-hydrogen) atoms. The summed E-state index contributed by atoms with van der Waals surface area (Å²) in [5, 5.41) is 2.83. The number of nitrogens with two attached hydrogens (primary N) is 1. The molecule has 1 atom stereocenters. The Bertz CT molecular complexity index is 240. The van der Waals surface area contributed by atoms with Crippen molar-refractivity contribution in [3.63, 3.8) is 0 Å². The van der Waals surface area contributed by atoms with E-state index in [1.807, 2.05) is 6.92 Å². The second-order valence-electron chi connectivity index (χ2n) is 4.42. The Hall–Kier alpha value is -0.580. The Labute approximate surface area is 110 Å². The average Bonchev–Trinajstić information content (AvgIpc) is 2.35. The van der Waals surface area contributed by atoms with Crippen LogP contribution >= 0.6 is 12.4 Å². The summed E-state index contributed by atoms with van der Waals surface area (Å²) in [7, 11) is 0. The minimum atomic E-state index is -0.0429. The Balaban J connectivity index is 0.00000256. The standard InChI is InChI=1S/C12H23N3O.ClH/c1-3-6-14-12(16)10(2)15-7-4-11(9-13)5-8-15;/h3,10-11H,1,4-9,13H2,2H3,(H,14,16);1H. The third-order valence-electron chi connectivity index (χ3n) is 3.33. The van der Waals surface area contributed by atoms with Gasteiger partial charge in [-0.3, -0.25) is 9.69 Å². The van der Waals surface area contributed by atoms with E-state index in [0.29, 0.717) is 12.5 Å². The first-order valence-electron chi connectivity index (χ1n) is 6.01. The van der Waals surface area contributed by atoms with Crippen LogP contribution in [0, 0.1) is 5.92 Å². The number of nitrogens with one attached hydrogen (secondary N) is 1. The van der Waals surface area contributed by atoms with Crippen LogP contribution in [0.15, 0.2) is 12.7 Å². The lowest BCUT2D eigenvalue weighted by Crippen LogP contribution is -2.48. The zero-order valence-electron chi connectivity index (χ0n) is 10.5. The number of rotatable bonds is 5. The van der Waals surface area contributed by atoms with Crippen LogP contribution < -0.4 is 11.1 Å². The summed E-state index contributed by atoms with van der Waals surface area (Å²) in [6.07, 6.45) is 3.91. The topological polar surface area (TPSA) is 58.4 Å². The molecule has 1 saturated heterocycles. The van der Waals surface area contributed by atoms with Crippen LogP contribution in [0.3, 0.4) is 0 Å². The molecule has 1 heterocycles. The summed E-state index contributed by atoms with van der Waals surface area (Å²) >= 11 is 0. The summed E-state index contributed by atoms with van der Waals surface area (Å²) in [5.74, 6) is 0.728. The molecule has 1 aliphatic rings. The van der Waals surface area contributed by atoms with Crippen LogP contribution in [0.2, 0.25) is 0 Å². The fourth-order valence-electron chi connectivity index (χ4n) is 2.06. The maximum atomic E-state index is 11.7. The van der Waals surface area contributed by atoms with Gasteiger partial charge in [0.1, 0.15) is 0 Å². The van der Waals surface area contributed by atoms with Crippen LogP contribution in [0.25, 0.3) is 0 Å². The van der Waals surface area contributed by atoms with Crippen molar-refractivity contribution in [1.82, 2.24) is 10.2 Å². The second-order valence-corrected chi connectivity index (χ2v) is 4.42. The van der Waals surface area contributed by atoms with E-state index in [1.54, 1.807) is 6.08 Å². The van der Waals surface area contributed by atoms with Crippen LogP contribution in [-0.4, -0.2) is 43.0 Å². The first-order chi connectivity index (χ1) is 7.69. The highest BCUT2D eigenvalue weighted by molar-refractivity contribution is 5.85. The van der Waals surface area contributed by atoms with Crippen LogP contribution in [0.5, 0.6) is 0 Å². The normalized spacial score (nSPS) is 19.2. The maximum absolute atomic E-state index is 11.7. The van der Waals surface area contributed by atoms with Crippen LogP contribution in [-0.2, 0) is 4.79 Å². The van der Waals surface area contributed by atoms with Gasteiger partial charge in [0, 0.05) is 6.54 Å². The number of hydrogen-bond acceptors (Lipinski definition) is 3. The molecule has 1 fully saturated rings. The van der Waals surface area contributed by atoms with E-state index in [-0.39, 0.29) is 24.4 Å². The second kappa shape index (κ2) is 8.50. The van der Waals surface area contributed by atoms with Crippen molar-refractivity contribution >= 4 is 18.3 Å². The predicted octanol–water partition coefficient (Wildman–Crippen LogP) is 0.770. The van der Waals surface area contributed by atoms with Gasteiger partial charge in [0.2, 0.25) is 5.91 Å². The monoisotopic (exact) mass is 261 g/mol. The molecule has 0 aromatic rings. The van der Waals surface area contributed by atoms with Crippen LogP contribution in [0.1, 0.15) is 19.8 Å². The van der Waals surface area contributed by atoms with Crippen molar-refractivity contribution in [1.29, 1.82) is 0 Å². The van der Waals surface area contributed by atoms with Gasteiger partial charge >= 0.3 is 0 Å². The average molecular weight is 262 g/mol. The molecule has 5 heteroatoms. The lowest BCUT2D eigenvalue weighted by atomic mass is 9.96. The van der Waals surface area contributed by atoms with E-state index in [1.165, 1.54) is 0 Å². The first-order valence-corrected chi connectivity index (χ1v) is 6.01. The minimum absolute atomic E-state index is 0. The SMILES string of the molecule is C=CCNC(=O)C(C)N1CCC(CN)CC1.Cl. The Kier molecular flexibility index (Phi) is 8.21. The van der Waals surface area contributed by atoms with E-state index in [0.717, 1.165) is 32.5 Å². The highest BCUT2D eigenvalue weighted by Gasteiger charge is 2.25. The summed E-state index contributed by atoms with van der Waals surface area (Å²) < 4.78 is 0. The van der Waals surface area contributed by atoms with Gasteiger partial charge in [0.25, 0.3) is 0 Å². The molecule has 0 aliphatic carbocycles. The Morgan fingerprint density at radius 3 is 2.65 bits per heavy atom. The zero-order valence-corrected chi connectivity index (χ0v) is 11.3. The Morgan fingerprint density at radius 2 is 2.18 bits per heavy atom. The van der Waals surface area contributed by atoms with Gasteiger partial charge < -0.3 is 11.1 Å². The van der Waals surface area contributed by atoms with Gasteiger partial charge in [0.15, 0.2) is 0 Å². The van der Waals surface area contributed by atoms with Gasteiger partial charge in [-0.25, -0.2) is 0 Å². The first kappa shape index (κ1) is 16.4. The molecular formula is C12H24ClN3O. The van der Waals surface area contributed by atoms with E-state index < -0.39 is 0 Å². The molecule has 0 radical (unpaired) electrons. The molecule has 1 rings (SSSR count). The molecule has 0 aromatic carbocycles. The zero-order chi connectivity index (χ0) is 12.0. The number of nitrogens with zero attached hydrogens (tertiary/aromatic N) is 1. The number of piperidine rings is 1. The molecule has 100 valence electrons. The lowest BCUT2D eigenvalue weighted by molar-refractivity contribution is -0.126. The van der Waals surface area contributed by atoms with Crippen LogP contribution in [0.4, 0.5) is 0 Å². The number of carbonyl (C=O) groups excluding carboxylic acids is 1. The number of amides is 1. The highest BCUT2D eigenvalue weighted by atomic mass is 35.5. The van der Waals surface area contributed by atoms with Crippen molar-refractivity contribution in [2.75, 3.05) is 26.2 Å². The number of halogens is 1. The third-order valence-corrected chi connectivity index (χ3v) is 3.33. The minimum Gasteiger partial charge on any atom is -0.351 e. The number of carbonyl (C=O) groups is 1. The predicted molar refractivity (Wildman–Crippen MR) is 73.3 cm³/mol. The lowest BCUT2D eigenvalue weighted by Gasteiger charge is -2.34. The summed E-state index contributed by atoms with van der Waals surface area (Å²) in [6, 6.07) is -0.0429. The summed E-state index contributed by atoms with van der Waals surface area (Å²) in [5.41, 5.74) is 5.64. The largest absolute Gasteiger partial charge is 0.351 e. The molecule has 0 bridgehead atoms. The molecule has 4 nitrogen and oxygen atoms in total. The number of likely N-dealkylation sites (tertiary alicyclic amines) is 1. The van der Waals surface area contributed by atoms with E-state index in [4.69, 9.17) is 5.73 Å². The fraction of sp³-hybridized carbons (Fsp3) is 0.750. The van der Waals surface area contributed by atoms with E-state index in [9.17, 15) is 4.79 Å². The summed E-state index contributed by atoms with van der Waals surface area (Å²) in [4.78, 5) is 14.0. The van der Waals surface area contributed by atoms with Crippen molar-refractivity contribution in [3.05, 3.63) is 12.7 Å². The molecular weight excluding hydrogens is 238 g/mol. The van der Waals surface area contributed by atoms with E-state index in [2.05, 4.69) is 16.8 Å². The molecule has 0 spiro atoms. The molecule has 0 aromatic heterocycles. The molecule has 0 saturated carbocycles. The molecule has 1 aliphatic heterocycles. The quantitative estimate of drug-likeness (QED) is 0.719. The van der Waals surface area contributed by atoms with Crippen molar-refractivity contribution in [2.24, 2.45) is 11.7 Å². The van der Waals surface area contributed by atoms with Gasteiger partial charge in [-0.15, -0.1) is 19.0 Å². The van der Waals surface area contributed by atoms with Crippen molar-refractivity contribution in [2.45, 2.75) is 25.8 Å². The highest BCUT2D eigenvalue weighted by Crippen LogP contribution is 2.17. The Morgan fingerprint density at radius 1 is 1.59 bits per heavy atom.